The van der Waals surface area contributed by atoms with Crippen LogP contribution < -0.4 is 20.3 Å². The van der Waals surface area contributed by atoms with Crippen LogP contribution in [0.5, 0.6) is 5.75 Å². The van der Waals surface area contributed by atoms with Crippen LogP contribution in [0, 0.1) is 6.92 Å². The fraction of sp³-hybridized carbons (Fsp3) is 0.300. The molecule has 136 valence electrons. The fourth-order valence-electron chi connectivity index (χ4n) is 2.93. The number of ether oxygens (including phenoxy) is 1. The van der Waals surface area contributed by atoms with Crippen LogP contribution in [0.25, 0.3) is 0 Å². The molecule has 1 saturated heterocycles. The van der Waals surface area contributed by atoms with Gasteiger partial charge < -0.3 is 20.3 Å². The van der Waals surface area contributed by atoms with Crippen LogP contribution in [0.1, 0.15) is 18.9 Å². The summed E-state index contributed by atoms with van der Waals surface area (Å²) in [5, 5.41) is 5.64. The Labute approximate surface area is 153 Å². The molecular weight excluding hydrogens is 330 g/mol. The van der Waals surface area contributed by atoms with E-state index in [1.165, 1.54) is 0 Å². The van der Waals surface area contributed by atoms with E-state index in [1.54, 1.807) is 29.2 Å². The van der Waals surface area contributed by atoms with Gasteiger partial charge in [-0.3, -0.25) is 4.79 Å². The van der Waals surface area contributed by atoms with Gasteiger partial charge >= 0.3 is 6.03 Å². The van der Waals surface area contributed by atoms with Gasteiger partial charge in [0.15, 0.2) is 0 Å². The monoisotopic (exact) mass is 353 g/mol. The highest BCUT2D eigenvalue weighted by atomic mass is 16.5. The number of carbonyl (C=O) groups excluding carboxylic acids is 2. The zero-order valence-corrected chi connectivity index (χ0v) is 15.0. The number of amides is 3. The summed E-state index contributed by atoms with van der Waals surface area (Å²) in [7, 11) is 0. The second-order valence-corrected chi connectivity index (χ2v) is 6.30. The summed E-state index contributed by atoms with van der Waals surface area (Å²) in [6.07, 6.45) is 0.296. The smallest absolute Gasteiger partial charge is 0.319 e. The minimum atomic E-state index is -0.322. The van der Waals surface area contributed by atoms with Crippen molar-refractivity contribution in [3.63, 3.8) is 0 Å². The number of urea groups is 1. The first kappa shape index (κ1) is 17.8. The number of nitrogens with zero attached hydrogens (tertiary/aromatic N) is 1. The van der Waals surface area contributed by atoms with Crippen LogP contribution in [-0.2, 0) is 4.79 Å². The Hall–Kier alpha value is -3.02. The Balaban J connectivity index is 1.55. The van der Waals surface area contributed by atoms with Gasteiger partial charge in [-0.15, -0.1) is 0 Å². The second kappa shape index (κ2) is 7.91. The highest BCUT2D eigenvalue weighted by Gasteiger charge is 2.31. The quantitative estimate of drug-likeness (QED) is 0.866. The predicted octanol–water partition coefficient (Wildman–Crippen LogP) is 3.32. The molecule has 26 heavy (non-hydrogen) atoms. The van der Waals surface area contributed by atoms with Gasteiger partial charge in [0.2, 0.25) is 5.91 Å². The molecule has 6 nitrogen and oxygen atoms in total. The third-order valence-corrected chi connectivity index (χ3v) is 4.23. The maximum absolute atomic E-state index is 12.2. The van der Waals surface area contributed by atoms with Gasteiger partial charge in [0.1, 0.15) is 5.75 Å². The number of nitrogens with one attached hydrogen (secondary N) is 2. The number of aryl methyl sites for hydroxylation is 1. The van der Waals surface area contributed by atoms with Crippen molar-refractivity contribution in [2.75, 3.05) is 23.4 Å². The maximum atomic E-state index is 12.2. The predicted molar refractivity (Wildman–Crippen MR) is 102 cm³/mol. The molecule has 3 amide bonds. The van der Waals surface area contributed by atoms with Crippen molar-refractivity contribution in [1.82, 2.24) is 5.32 Å². The van der Waals surface area contributed by atoms with Crippen LogP contribution in [0.15, 0.2) is 48.5 Å². The van der Waals surface area contributed by atoms with E-state index in [0.29, 0.717) is 25.3 Å². The third-order valence-electron chi connectivity index (χ3n) is 4.23. The number of hydrogen-bond donors (Lipinski definition) is 2. The normalized spacial score (nSPS) is 16.5. The lowest BCUT2D eigenvalue weighted by molar-refractivity contribution is -0.117. The van der Waals surface area contributed by atoms with E-state index in [2.05, 4.69) is 10.6 Å². The Morgan fingerprint density at radius 1 is 1.15 bits per heavy atom. The second-order valence-electron chi connectivity index (χ2n) is 6.30. The standard InChI is InChI=1S/C20H23N3O3/c1-3-26-18-10-6-15(7-11-18)21-20(25)22-16-12-19(24)23(13-16)17-8-4-14(2)5-9-17/h4-11,16H,3,12-13H2,1-2H3,(H2,21,22,25). The van der Waals surface area contributed by atoms with Crippen molar-refractivity contribution in [1.29, 1.82) is 0 Å². The first-order valence-electron chi connectivity index (χ1n) is 8.72. The lowest BCUT2D eigenvalue weighted by atomic mass is 10.2. The number of anilines is 2. The first-order valence-corrected chi connectivity index (χ1v) is 8.72. The van der Waals surface area contributed by atoms with E-state index >= 15 is 0 Å². The highest BCUT2D eigenvalue weighted by molar-refractivity contribution is 5.97. The van der Waals surface area contributed by atoms with E-state index < -0.39 is 0 Å². The lowest BCUT2D eigenvalue weighted by Gasteiger charge is -2.17. The summed E-state index contributed by atoms with van der Waals surface area (Å²) >= 11 is 0. The van der Waals surface area contributed by atoms with Gasteiger partial charge in [-0.1, -0.05) is 17.7 Å². The molecule has 1 atom stereocenters. The molecule has 0 spiro atoms. The van der Waals surface area contributed by atoms with E-state index in [-0.39, 0.29) is 18.0 Å². The summed E-state index contributed by atoms with van der Waals surface area (Å²) < 4.78 is 5.38. The van der Waals surface area contributed by atoms with E-state index in [0.717, 1.165) is 17.0 Å². The Morgan fingerprint density at radius 2 is 1.85 bits per heavy atom. The Morgan fingerprint density at radius 3 is 2.50 bits per heavy atom. The molecule has 0 bridgehead atoms. The van der Waals surface area contributed by atoms with Gasteiger partial charge in [-0.25, -0.2) is 4.79 Å². The number of rotatable bonds is 5. The molecule has 2 aromatic carbocycles. The molecule has 1 fully saturated rings. The molecule has 2 aromatic rings. The SMILES string of the molecule is CCOc1ccc(NC(=O)NC2CC(=O)N(c3ccc(C)cc3)C2)cc1. The van der Waals surface area contributed by atoms with E-state index in [9.17, 15) is 9.59 Å². The molecule has 1 heterocycles. The molecule has 3 rings (SSSR count). The van der Waals surface area contributed by atoms with Crippen molar-refractivity contribution in [2.45, 2.75) is 26.3 Å². The molecule has 1 aliphatic rings. The Kier molecular flexibility index (Phi) is 5.41. The highest BCUT2D eigenvalue weighted by Crippen LogP contribution is 2.22. The molecule has 6 heteroatoms. The topological polar surface area (TPSA) is 70.7 Å². The van der Waals surface area contributed by atoms with Crippen molar-refractivity contribution in [3.8, 4) is 5.75 Å². The minimum Gasteiger partial charge on any atom is -0.494 e. The third kappa shape index (κ3) is 4.33. The molecule has 0 aliphatic carbocycles. The van der Waals surface area contributed by atoms with Gasteiger partial charge in [-0.2, -0.15) is 0 Å². The zero-order valence-electron chi connectivity index (χ0n) is 15.0. The van der Waals surface area contributed by atoms with Gasteiger partial charge in [0.25, 0.3) is 0 Å². The molecule has 1 unspecified atom stereocenters. The minimum absolute atomic E-state index is 0.0141. The van der Waals surface area contributed by atoms with Crippen molar-refractivity contribution >= 4 is 23.3 Å². The van der Waals surface area contributed by atoms with Gasteiger partial charge in [0.05, 0.1) is 12.6 Å². The van der Waals surface area contributed by atoms with Crippen LogP contribution in [0.4, 0.5) is 16.2 Å². The average Bonchev–Trinajstić information content (AvgIpc) is 2.97. The average molecular weight is 353 g/mol. The van der Waals surface area contributed by atoms with Crippen LogP contribution in [0.3, 0.4) is 0 Å². The van der Waals surface area contributed by atoms with Crippen molar-refractivity contribution in [2.24, 2.45) is 0 Å². The van der Waals surface area contributed by atoms with E-state index in [4.69, 9.17) is 4.74 Å². The van der Waals surface area contributed by atoms with Crippen molar-refractivity contribution < 1.29 is 14.3 Å². The molecule has 0 radical (unpaired) electrons. The number of hydrogen-bond acceptors (Lipinski definition) is 3. The van der Waals surface area contributed by atoms with Crippen molar-refractivity contribution in [3.05, 3.63) is 54.1 Å². The molecular formula is C20H23N3O3. The molecule has 0 saturated carbocycles. The zero-order chi connectivity index (χ0) is 18.5. The summed E-state index contributed by atoms with van der Waals surface area (Å²) in [6.45, 7) is 4.99. The molecule has 2 N–H and O–H groups in total. The maximum Gasteiger partial charge on any atom is 0.319 e. The van der Waals surface area contributed by atoms with Crippen LogP contribution in [0.2, 0.25) is 0 Å². The first-order chi connectivity index (χ1) is 12.5. The fourth-order valence-corrected chi connectivity index (χ4v) is 2.93. The Bertz CT molecular complexity index is 772. The van der Waals surface area contributed by atoms with E-state index in [1.807, 2.05) is 38.1 Å². The van der Waals surface area contributed by atoms with Gasteiger partial charge in [0, 0.05) is 24.3 Å². The largest absolute Gasteiger partial charge is 0.494 e. The van der Waals surface area contributed by atoms with Gasteiger partial charge in [-0.05, 0) is 50.2 Å². The summed E-state index contributed by atoms with van der Waals surface area (Å²) in [5.74, 6) is 0.772. The molecule has 1 aliphatic heterocycles. The molecule has 0 aromatic heterocycles. The number of benzene rings is 2. The lowest BCUT2D eigenvalue weighted by Crippen LogP contribution is -2.39. The summed E-state index contributed by atoms with van der Waals surface area (Å²) in [6, 6.07) is 14.4. The summed E-state index contributed by atoms with van der Waals surface area (Å²) in [4.78, 5) is 26.1. The number of carbonyl (C=O) groups is 2. The summed E-state index contributed by atoms with van der Waals surface area (Å²) in [5.41, 5.74) is 2.67. The van der Waals surface area contributed by atoms with Crippen LogP contribution in [-0.4, -0.2) is 31.1 Å². The van der Waals surface area contributed by atoms with Crippen LogP contribution >= 0.6 is 0 Å².